The average molecular weight is 631 g/mol. The standard InChI is InChI=1S/C47H38N2/c1-47(2)43-19-11-12-20-45(43)49(38-26-23-34(24-27-38)33-13-5-3-6-14-33)46-30-29-40(32-44(46)47)48(37-16-7-4-8-17-37)39-28-25-36-22-21-35-15-9-10-18-41(35)42(36)31-39/h3-7,9-16,18-32H,8,17H2,1-2H3. The van der Waals surface area contributed by atoms with Crippen molar-refractivity contribution >= 4 is 50.0 Å². The first-order chi connectivity index (χ1) is 24.1. The quantitative estimate of drug-likeness (QED) is 0.175. The summed E-state index contributed by atoms with van der Waals surface area (Å²) in [7, 11) is 0. The second-order valence-electron chi connectivity index (χ2n) is 13.7. The Morgan fingerprint density at radius 1 is 0.551 bits per heavy atom. The van der Waals surface area contributed by atoms with E-state index < -0.39 is 0 Å². The molecule has 236 valence electrons. The third-order valence-electron chi connectivity index (χ3n) is 10.5. The van der Waals surface area contributed by atoms with E-state index in [0.29, 0.717) is 0 Å². The Kier molecular flexibility index (Phi) is 6.98. The fourth-order valence-electron chi connectivity index (χ4n) is 7.93. The lowest BCUT2D eigenvalue weighted by Crippen LogP contribution is -2.31. The molecule has 0 saturated heterocycles. The van der Waals surface area contributed by atoms with Gasteiger partial charge in [-0.1, -0.05) is 129 Å². The Balaban J connectivity index is 1.21. The van der Waals surface area contributed by atoms with Crippen LogP contribution in [0.15, 0.2) is 176 Å². The Bertz CT molecular complexity index is 2410. The minimum absolute atomic E-state index is 0.200. The van der Waals surface area contributed by atoms with Crippen LogP contribution in [0.3, 0.4) is 0 Å². The third-order valence-corrected chi connectivity index (χ3v) is 10.5. The molecule has 1 aliphatic heterocycles. The maximum absolute atomic E-state index is 2.49. The van der Waals surface area contributed by atoms with Crippen molar-refractivity contribution in [2.75, 3.05) is 9.80 Å². The molecule has 1 aliphatic carbocycles. The Morgan fingerprint density at radius 2 is 1.20 bits per heavy atom. The van der Waals surface area contributed by atoms with E-state index in [1.165, 1.54) is 72.2 Å². The molecule has 0 unspecified atom stereocenters. The second kappa shape index (κ2) is 11.7. The van der Waals surface area contributed by atoms with Crippen molar-refractivity contribution < 1.29 is 0 Å². The number of rotatable bonds is 5. The van der Waals surface area contributed by atoms with E-state index in [9.17, 15) is 0 Å². The minimum Gasteiger partial charge on any atom is -0.314 e. The van der Waals surface area contributed by atoms with Crippen molar-refractivity contribution in [1.29, 1.82) is 0 Å². The van der Waals surface area contributed by atoms with E-state index in [2.05, 4.69) is 194 Å². The number of hydrogen-bond acceptors (Lipinski definition) is 2. The molecule has 49 heavy (non-hydrogen) atoms. The number of allylic oxidation sites excluding steroid dienone is 4. The SMILES string of the molecule is CC1(C)c2ccccc2N(c2ccc(-c3ccccc3)cc2)c2ccc(N(C3=CC=CCC3)c3ccc4ccc5ccccc5c4c3)cc21. The zero-order valence-electron chi connectivity index (χ0n) is 28.0. The van der Waals surface area contributed by atoms with Gasteiger partial charge in [-0.2, -0.15) is 0 Å². The van der Waals surface area contributed by atoms with Gasteiger partial charge < -0.3 is 9.80 Å². The lowest BCUT2D eigenvalue weighted by Gasteiger charge is -2.43. The summed E-state index contributed by atoms with van der Waals surface area (Å²) in [4.78, 5) is 4.93. The van der Waals surface area contributed by atoms with Crippen LogP contribution >= 0.6 is 0 Å². The zero-order chi connectivity index (χ0) is 33.0. The van der Waals surface area contributed by atoms with E-state index in [1.807, 2.05) is 0 Å². The first-order valence-electron chi connectivity index (χ1n) is 17.3. The van der Waals surface area contributed by atoms with Crippen molar-refractivity contribution in [3.63, 3.8) is 0 Å². The normalized spacial score (nSPS) is 14.7. The largest absolute Gasteiger partial charge is 0.314 e. The molecular weight excluding hydrogens is 593 g/mol. The maximum Gasteiger partial charge on any atom is 0.0504 e. The minimum atomic E-state index is -0.200. The summed E-state index contributed by atoms with van der Waals surface area (Å²) >= 11 is 0. The van der Waals surface area contributed by atoms with Gasteiger partial charge in [-0.05, 0) is 111 Å². The Hall–Kier alpha value is -5.86. The predicted molar refractivity (Wildman–Crippen MR) is 209 cm³/mol. The summed E-state index contributed by atoms with van der Waals surface area (Å²) in [6.45, 7) is 4.75. The van der Waals surface area contributed by atoms with Crippen LogP contribution in [0, 0.1) is 0 Å². The molecular formula is C47H38N2. The second-order valence-corrected chi connectivity index (χ2v) is 13.7. The molecule has 9 rings (SSSR count). The highest BCUT2D eigenvalue weighted by molar-refractivity contribution is 6.08. The smallest absolute Gasteiger partial charge is 0.0504 e. The summed E-state index contributed by atoms with van der Waals surface area (Å²) in [6.07, 6.45) is 8.80. The Labute approximate surface area is 288 Å². The summed E-state index contributed by atoms with van der Waals surface area (Å²) in [5.41, 5.74) is 12.2. The van der Waals surface area contributed by atoms with Gasteiger partial charge >= 0.3 is 0 Å². The van der Waals surface area contributed by atoms with Crippen molar-refractivity contribution in [2.24, 2.45) is 0 Å². The number of hydrogen-bond donors (Lipinski definition) is 0. The van der Waals surface area contributed by atoms with E-state index in [-0.39, 0.29) is 5.41 Å². The molecule has 0 fully saturated rings. The van der Waals surface area contributed by atoms with Gasteiger partial charge in [0.15, 0.2) is 0 Å². The number of para-hydroxylation sites is 1. The molecule has 0 aromatic heterocycles. The number of nitrogens with zero attached hydrogens (tertiary/aromatic N) is 2. The van der Waals surface area contributed by atoms with Crippen molar-refractivity contribution in [3.8, 4) is 11.1 Å². The summed E-state index contributed by atoms with van der Waals surface area (Å²) < 4.78 is 0. The molecule has 7 aromatic carbocycles. The van der Waals surface area contributed by atoms with E-state index in [0.717, 1.165) is 18.5 Å². The van der Waals surface area contributed by atoms with Crippen LogP contribution in [0.4, 0.5) is 28.4 Å². The summed E-state index contributed by atoms with van der Waals surface area (Å²) in [5.74, 6) is 0. The van der Waals surface area contributed by atoms with Crippen molar-refractivity contribution in [1.82, 2.24) is 0 Å². The highest BCUT2D eigenvalue weighted by Crippen LogP contribution is 2.53. The maximum atomic E-state index is 2.49. The van der Waals surface area contributed by atoms with Gasteiger partial charge in [-0.25, -0.2) is 0 Å². The van der Waals surface area contributed by atoms with Gasteiger partial charge in [0, 0.05) is 28.2 Å². The van der Waals surface area contributed by atoms with E-state index >= 15 is 0 Å². The first-order valence-corrected chi connectivity index (χ1v) is 17.3. The molecule has 7 aromatic rings. The summed E-state index contributed by atoms with van der Waals surface area (Å²) in [5, 5.41) is 5.10. The van der Waals surface area contributed by atoms with Crippen LogP contribution in [0.2, 0.25) is 0 Å². The molecule has 2 nitrogen and oxygen atoms in total. The van der Waals surface area contributed by atoms with E-state index in [4.69, 9.17) is 0 Å². The predicted octanol–water partition coefficient (Wildman–Crippen LogP) is 13.1. The van der Waals surface area contributed by atoms with Crippen molar-refractivity contribution in [3.05, 3.63) is 187 Å². The number of anilines is 5. The van der Waals surface area contributed by atoms with Crippen LogP contribution in [0.5, 0.6) is 0 Å². The Morgan fingerprint density at radius 3 is 2.02 bits per heavy atom. The molecule has 0 bridgehead atoms. The van der Waals surface area contributed by atoms with Gasteiger partial charge in [0.1, 0.15) is 0 Å². The third kappa shape index (κ3) is 4.95. The highest BCUT2D eigenvalue weighted by atomic mass is 15.2. The first kappa shape index (κ1) is 29.3. The molecule has 0 spiro atoms. The van der Waals surface area contributed by atoms with Gasteiger partial charge in [0.25, 0.3) is 0 Å². The van der Waals surface area contributed by atoms with Gasteiger partial charge in [0.2, 0.25) is 0 Å². The average Bonchev–Trinajstić information content (AvgIpc) is 3.16. The molecule has 2 aliphatic rings. The van der Waals surface area contributed by atoms with Gasteiger partial charge in [-0.15, -0.1) is 0 Å². The lowest BCUT2D eigenvalue weighted by molar-refractivity contribution is 0.632. The highest BCUT2D eigenvalue weighted by Gasteiger charge is 2.37. The molecule has 0 radical (unpaired) electrons. The molecule has 0 amide bonds. The van der Waals surface area contributed by atoms with Crippen LogP contribution in [-0.4, -0.2) is 0 Å². The molecule has 0 N–H and O–H groups in total. The zero-order valence-corrected chi connectivity index (χ0v) is 28.0. The molecule has 0 saturated carbocycles. The molecule has 2 heteroatoms. The number of fused-ring (bicyclic) bond motifs is 5. The van der Waals surface area contributed by atoms with Crippen LogP contribution in [-0.2, 0) is 5.41 Å². The van der Waals surface area contributed by atoms with Crippen LogP contribution < -0.4 is 9.80 Å². The lowest BCUT2D eigenvalue weighted by atomic mass is 9.73. The molecule has 1 heterocycles. The van der Waals surface area contributed by atoms with Crippen LogP contribution in [0.25, 0.3) is 32.7 Å². The van der Waals surface area contributed by atoms with E-state index in [1.54, 1.807) is 0 Å². The molecule has 0 atom stereocenters. The van der Waals surface area contributed by atoms with Crippen molar-refractivity contribution in [2.45, 2.75) is 32.1 Å². The van der Waals surface area contributed by atoms with Gasteiger partial charge in [-0.3, -0.25) is 0 Å². The fraction of sp³-hybridized carbons (Fsp3) is 0.106. The monoisotopic (exact) mass is 630 g/mol. The number of benzene rings is 7. The topological polar surface area (TPSA) is 6.48 Å². The fourth-order valence-corrected chi connectivity index (χ4v) is 7.93. The van der Waals surface area contributed by atoms with Gasteiger partial charge in [0.05, 0.1) is 11.4 Å². The summed E-state index contributed by atoms with van der Waals surface area (Å²) in [6, 6.07) is 55.8. The van der Waals surface area contributed by atoms with Crippen LogP contribution in [0.1, 0.15) is 37.8 Å².